The number of nitrogens with zero attached hydrogens (tertiary/aromatic N) is 3. The van der Waals surface area contributed by atoms with E-state index in [1.807, 2.05) is 31.2 Å². The molecule has 1 fully saturated rings. The lowest BCUT2D eigenvalue weighted by molar-refractivity contribution is -0.137. The van der Waals surface area contributed by atoms with Gasteiger partial charge in [-0.2, -0.15) is 0 Å². The van der Waals surface area contributed by atoms with E-state index in [9.17, 15) is 14.4 Å². The minimum Gasteiger partial charge on any atom is -0.378 e. The van der Waals surface area contributed by atoms with Crippen LogP contribution in [0.4, 0.5) is 0 Å². The van der Waals surface area contributed by atoms with E-state index in [-0.39, 0.29) is 24.3 Å². The maximum absolute atomic E-state index is 12.8. The molecule has 2 atom stereocenters. The van der Waals surface area contributed by atoms with Gasteiger partial charge in [0.2, 0.25) is 17.7 Å². The Balaban J connectivity index is 1.38. The molecule has 188 valence electrons. The van der Waals surface area contributed by atoms with Crippen molar-refractivity contribution in [2.45, 2.75) is 25.3 Å². The molecule has 1 saturated heterocycles. The Morgan fingerprint density at radius 1 is 1.19 bits per heavy atom. The second kappa shape index (κ2) is 11.2. The summed E-state index contributed by atoms with van der Waals surface area (Å²) in [4.78, 5) is 48.5. The molecule has 1 aliphatic heterocycles. The van der Waals surface area contributed by atoms with Crippen LogP contribution in [0.15, 0.2) is 54.7 Å². The molecule has 3 N–H and O–H groups in total. The van der Waals surface area contributed by atoms with E-state index in [0.29, 0.717) is 37.6 Å². The van der Waals surface area contributed by atoms with E-state index >= 15 is 0 Å². The molecule has 1 aliphatic rings. The predicted octanol–water partition coefficient (Wildman–Crippen LogP) is 2.61. The van der Waals surface area contributed by atoms with Crippen molar-refractivity contribution in [3.8, 4) is 0 Å². The van der Waals surface area contributed by atoms with Crippen LogP contribution in [-0.2, 0) is 19.1 Å². The van der Waals surface area contributed by atoms with Crippen LogP contribution in [0.2, 0.25) is 0 Å². The van der Waals surface area contributed by atoms with Gasteiger partial charge in [0.15, 0.2) is 0 Å². The van der Waals surface area contributed by atoms with E-state index in [1.54, 1.807) is 41.3 Å². The third kappa shape index (κ3) is 5.80. The zero-order valence-corrected chi connectivity index (χ0v) is 20.5. The highest BCUT2D eigenvalue weighted by atomic mass is 16.5. The lowest BCUT2D eigenvalue weighted by Crippen LogP contribution is -2.42. The molecule has 9 nitrogen and oxygen atoms in total. The van der Waals surface area contributed by atoms with Gasteiger partial charge in [-0.25, -0.2) is 0 Å². The molecule has 0 saturated carbocycles. The molecular weight excluding hydrogens is 458 g/mol. The number of pyridine rings is 1. The number of para-hydroxylation sites is 1. The summed E-state index contributed by atoms with van der Waals surface area (Å²) in [5.74, 6) is -1.72. The van der Waals surface area contributed by atoms with Crippen LogP contribution in [0.3, 0.4) is 0 Å². The number of nitrogens with two attached hydrogens (primary N) is 1. The third-order valence-corrected chi connectivity index (χ3v) is 6.60. The van der Waals surface area contributed by atoms with Crippen LogP contribution >= 0.6 is 0 Å². The molecule has 0 aliphatic carbocycles. The number of morpholine rings is 1. The van der Waals surface area contributed by atoms with Gasteiger partial charge in [-0.3, -0.25) is 19.4 Å². The maximum atomic E-state index is 12.8. The van der Waals surface area contributed by atoms with Crippen LogP contribution in [0, 0.1) is 0 Å². The van der Waals surface area contributed by atoms with Gasteiger partial charge in [-0.1, -0.05) is 24.3 Å². The molecule has 1 aromatic carbocycles. The number of nitrogens with one attached hydrogen (secondary N) is 1. The van der Waals surface area contributed by atoms with E-state index in [1.165, 1.54) is 6.08 Å². The minimum atomic E-state index is -0.816. The number of likely N-dealkylation sites (N-methyl/N-ethyl adjacent to an activating group) is 1. The fourth-order valence-electron chi connectivity index (χ4n) is 4.19. The summed E-state index contributed by atoms with van der Waals surface area (Å²) in [6.45, 7) is 3.95. The first kappa shape index (κ1) is 25.1. The first-order valence-electron chi connectivity index (χ1n) is 12.0. The molecule has 2 aromatic heterocycles. The van der Waals surface area contributed by atoms with Gasteiger partial charge in [-0.05, 0) is 42.1 Å². The van der Waals surface area contributed by atoms with Crippen molar-refractivity contribution in [3.63, 3.8) is 0 Å². The predicted molar refractivity (Wildman–Crippen MR) is 137 cm³/mol. The number of H-pyrrole nitrogens is 1. The SMILES string of the molecule is CC(c1cc2ccccc2[nH]1)N(C)C(=O)C=Cc1ccc(C(CC(=O)N2CCOCC2)C(N)=O)nc1. The maximum Gasteiger partial charge on any atom is 0.246 e. The number of hydrogen-bond donors (Lipinski definition) is 2. The number of rotatable bonds is 8. The van der Waals surface area contributed by atoms with Gasteiger partial charge in [0, 0.05) is 50.0 Å². The molecule has 36 heavy (non-hydrogen) atoms. The van der Waals surface area contributed by atoms with Crippen LogP contribution in [0.25, 0.3) is 17.0 Å². The largest absolute Gasteiger partial charge is 0.378 e. The zero-order valence-electron chi connectivity index (χ0n) is 20.5. The van der Waals surface area contributed by atoms with Crippen LogP contribution in [0.5, 0.6) is 0 Å². The number of benzene rings is 1. The summed E-state index contributed by atoms with van der Waals surface area (Å²) in [6, 6.07) is 13.3. The molecule has 0 radical (unpaired) electrons. The van der Waals surface area contributed by atoms with Crippen molar-refractivity contribution < 1.29 is 19.1 Å². The summed E-state index contributed by atoms with van der Waals surface area (Å²) in [5, 5.41) is 1.10. The molecule has 9 heteroatoms. The van der Waals surface area contributed by atoms with E-state index in [0.717, 1.165) is 16.6 Å². The number of fused-ring (bicyclic) bond motifs is 1. The van der Waals surface area contributed by atoms with Crippen molar-refractivity contribution in [3.05, 3.63) is 71.7 Å². The average molecular weight is 490 g/mol. The fraction of sp³-hybridized carbons (Fsp3) is 0.333. The molecule has 0 spiro atoms. The number of carbonyl (C=O) groups excluding carboxylic acids is 3. The molecule has 3 heterocycles. The van der Waals surface area contributed by atoms with Gasteiger partial charge in [-0.15, -0.1) is 0 Å². The number of amides is 3. The number of primary amides is 1. The summed E-state index contributed by atoms with van der Waals surface area (Å²) in [7, 11) is 1.76. The van der Waals surface area contributed by atoms with Crippen molar-refractivity contribution in [1.29, 1.82) is 0 Å². The Bertz CT molecular complexity index is 1230. The highest BCUT2D eigenvalue weighted by Gasteiger charge is 2.26. The molecule has 2 unspecified atom stereocenters. The summed E-state index contributed by atoms with van der Waals surface area (Å²) in [5.41, 5.74) is 8.68. The number of carbonyl (C=O) groups is 3. The third-order valence-electron chi connectivity index (χ3n) is 6.60. The number of aromatic nitrogens is 2. The van der Waals surface area contributed by atoms with Crippen molar-refractivity contribution >= 4 is 34.7 Å². The first-order chi connectivity index (χ1) is 17.3. The average Bonchev–Trinajstić information content (AvgIpc) is 3.34. The van der Waals surface area contributed by atoms with E-state index in [2.05, 4.69) is 16.0 Å². The quantitative estimate of drug-likeness (QED) is 0.471. The highest BCUT2D eigenvalue weighted by Crippen LogP contribution is 2.24. The molecule has 0 bridgehead atoms. The van der Waals surface area contributed by atoms with E-state index < -0.39 is 11.8 Å². The van der Waals surface area contributed by atoms with Crippen molar-refractivity contribution in [2.75, 3.05) is 33.4 Å². The first-order valence-corrected chi connectivity index (χ1v) is 12.0. The van der Waals surface area contributed by atoms with Crippen molar-refractivity contribution in [2.24, 2.45) is 5.73 Å². The highest BCUT2D eigenvalue weighted by molar-refractivity contribution is 5.92. The second-order valence-electron chi connectivity index (χ2n) is 8.94. The smallest absolute Gasteiger partial charge is 0.246 e. The topological polar surface area (TPSA) is 122 Å². The molecular formula is C27H31N5O4. The van der Waals surface area contributed by atoms with Gasteiger partial charge in [0.1, 0.15) is 0 Å². The van der Waals surface area contributed by atoms with Gasteiger partial charge in [0.05, 0.1) is 30.9 Å². The summed E-state index contributed by atoms with van der Waals surface area (Å²) in [6.07, 6.45) is 4.69. The normalized spacial score (nSPS) is 15.7. The Labute approximate surface area is 209 Å². The number of aromatic amines is 1. The van der Waals surface area contributed by atoms with Gasteiger partial charge in [0.25, 0.3) is 0 Å². The van der Waals surface area contributed by atoms with Crippen LogP contribution in [0.1, 0.15) is 42.3 Å². The Kier molecular flexibility index (Phi) is 7.80. The van der Waals surface area contributed by atoms with Crippen LogP contribution in [-0.4, -0.2) is 70.8 Å². The number of hydrogen-bond acceptors (Lipinski definition) is 5. The standard InChI is InChI=1S/C27H31N5O4/c1-18(24-15-20-5-3-4-6-22(20)30-24)31(2)25(33)10-8-19-7-9-23(29-17-19)21(27(28)35)16-26(34)32-11-13-36-14-12-32/h3-10,15,17-18,21,30H,11-14,16H2,1-2H3,(H2,28,35). The molecule has 3 aromatic rings. The van der Waals surface area contributed by atoms with Gasteiger partial charge < -0.3 is 25.3 Å². The molecule has 3 amide bonds. The fourth-order valence-corrected chi connectivity index (χ4v) is 4.19. The minimum absolute atomic E-state index is 0.0353. The Morgan fingerprint density at radius 3 is 2.61 bits per heavy atom. The van der Waals surface area contributed by atoms with E-state index in [4.69, 9.17) is 10.5 Å². The van der Waals surface area contributed by atoms with Crippen LogP contribution < -0.4 is 5.73 Å². The lowest BCUT2D eigenvalue weighted by Gasteiger charge is -2.28. The Morgan fingerprint density at radius 2 is 1.94 bits per heavy atom. The molecule has 4 rings (SSSR count). The second-order valence-corrected chi connectivity index (χ2v) is 8.94. The lowest BCUT2D eigenvalue weighted by atomic mass is 9.98. The summed E-state index contributed by atoms with van der Waals surface area (Å²) >= 11 is 0. The van der Waals surface area contributed by atoms with Gasteiger partial charge >= 0.3 is 0 Å². The summed E-state index contributed by atoms with van der Waals surface area (Å²) < 4.78 is 5.27. The number of ether oxygens (including phenoxy) is 1. The zero-order chi connectivity index (χ0) is 25.7. The Hall–Kier alpha value is -3.98. The van der Waals surface area contributed by atoms with Crippen molar-refractivity contribution in [1.82, 2.24) is 19.8 Å². The monoisotopic (exact) mass is 489 g/mol.